The predicted molar refractivity (Wildman–Crippen MR) is 55.5 cm³/mol. The van der Waals surface area contributed by atoms with E-state index in [2.05, 4.69) is 15.3 Å². The number of aromatic nitrogens is 4. The van der Waals surface area contributed by atoms with Gasteiger partial charge in [0, 0.05) is 6.07 Å². The molecule has 0 radical (unpaired) electrons. The molecule has 1 aliphatic carbocycles. The van der Waals surface area contributed by atoms with Crippen LogP contribution in [-0.2, 0) is 12.8 Å². The first-order valence-corrected chi connectivity index (χ1v) is 5.19. The number of nitrogens with zero attached hydrogens (tertiary/aromatic N) is 4. The van der Waals surface area contributed by atoms with Crippen LogP contribution in [0.15, 0.2) is 6.07 Å². The minimum atomic E-state index is 0.504. The Balaban J connectivity index is 2.20. The molecular weight excluding hydrogens is 190 g/mol. The molecule has 5 nitrogen and oxygen atoms in total. The second-order valence-electron chi connectivity index (χ2n) is 4.16. The maximum atomic E-state index is 5.68. The Hall–Kier alpha value is -1.49. The van der Waals surface area contributed by atoms with Gasteiger partial charge in [0.25, 0.3) is 0 Å². The molecule has 1 aliphatic rings. The van der Waals surface area contributed by atoms with E-state index in [9.17, 15) is 0 Å². The highest BCUT2D eigenvalue weighted by atomic mass is 15.3. The van der Waals surface area contributed by atoms with Crippen molar-refractivity contribution in [2.24, 2.45) is 11.7 Å². The first-order chi connectivity index (χ1) is 7.28. The summed E-state index contributed by atoms with van der Waals surface area (Å²) in [6.45, 7) is 2.68. The third kappa shape index (κ3) is 1.23. The monoisotopic (exact) mass is 203 g/mol. The van der Waals surface area contributed by atoms with Crippen LogP contribution < -0.4 is 5.73 Å². The lowest BCUT2D eigenvalue weighted by molar-refractivity contribution is 0.565. The van der Waals surface area contributed by atoms with Crippen molar-refractivity contribution in [3.8, 4) is 0 Å². The molecule has 0 amide bonds. The number of hydrogen-bond acceptors (Lipinski definition) is 4. The van der Waals surface area contributed by atoms with E-state index in [0.29, 0.717) is 12.5 Å². The second kappa shape index (κ2) is 3.00. The minimum absolute atomic E-state index is 0.504. The SMILES string of the molecule is Cc1cc2nnc3c(n2n1)CC(CN)C3. The molecule has 0 aromatic carbocycles. The maximum Gasteiger partial charge on any atom is 0.177 e. The Morgan fingerprint density at radius 1 is 1.47 bits per heavy atom. The fraction of sp³-hybridized carbons (Fsp3) is 0.500. The van der Waals surface area contributed by atoms with Gasteiger partial charge in [0.1, 0.15) is 0 Å². The van der Waals surface area contributed by atoms with Crippen molar-refractivity contribution in [3.63, 3.8) is 0 Å². The highest BCUT2D eigenvalue weighted by Gasteiger charge is 2.25. The molecule has 2 heterocycles. The van der Waals surface area contributed by atoms with E-state index in [-0.39, 0.29) is 0 Å². The molecule has 0 aliphatic heterocycles. The molecule has 5 heteroatoms. The van der Waals surface area contributed by atoms with Crippen LogP contribution in [0, 0.1) is 12.8 Å². The highest BCUT2D eigenvalue weighted by molar-refractivity contribution is 5.40. The fourth-order valence-corrected chi connectivity index (χ4v) is 2.20. The number of rotatable bonds is 1. The lowest BCUT2D eigenvalue weighted by Gasteiger charge is -2.01. The third-order valence-corrected chi connectivity index (χ3v) is 2.97. The number of fused-ring (bicyclic) bond motifs is 3. The standard InChI is InChI=1S/C10H13N5/c1-6-2-10-13-12-8-3-7(5-11)4-9(8)15(10)14-6/h2,7H,3-5,11H2,1H3. The van der Waals surface area contributed by atoms with Gasteiger partial charge in [0.05, 0.1) is 17.1 Å². The molecule has 0 saturated carbocycles. The van der Waals surface area contributed by atoms with Gasteiger partial charge in [0.2, 0.25) is 0 Å². The van der Waals surface area contributed by atoms with Crippen molar-refractivity contribution >= 4 is 5.65 Å². The molecule has 15 heavy (non-hydrogen) atoms. The van der Waals surface area contributed by atoms with Gasteiger partial charge in [-0.3, -0.25) is 0 Å². The van der Waals surface area contributed by atoms with E-state index in [1.807, 2.05) is 17.5 Å². The minimum Gasteiger partial charge on any atom is -0.330 e. The summed E-state index contributed by atoms with van der Waals surface area (Å²) in [6.07, 6.45) is 1.91. The Kier molecular flexibility index (Phi) is 1.76. The summed E-state index contributed by atoms with van der Waals surface area (Å²) in [7, 11) is 0. The van der Waals surface area contributed by atoms with E-state index in [4.69, 9.17) is 5.73 Å². The van der Waals surface area contributed by atoms with Crippen LogP contribution in [0.2, 0.25) is 0 Å². The lowest BCUT2D eigenvalue weighted by Crippen LogP contribution is -2.14. The zero-order valence-electron chi connectivity index (χ0n) is 8.64. The Morgan fingerprint density at radius 3 is 3.13 bits per heavy atom. The number of hydrogen-bond donors (Lipinski definition) is 1. The van der Waals surface area contributed by atoms with Crippen molar-refractivity contribution in [3.05, 3.63) is 23.1 Å². The molecular formula is C10H13N5. The van der Waals surface area contributed by atoms with Gasteiger partial charge < -0.3 is 5.73 Å². The summed E-state index contributed by atoms with van der Waals surface area (Å²) >= 11 is 0. The van der Waals surface area contributed by atoms with Gasteiger partial charge in [-0.15, -0.1) is 5.10 Å². The van der Waals surface area contributed by atoms with Crippen molar-refractivity contribution in [1.29, 1.82) is 0 Å². The summed E-state index contributed by atoms with van der Waals surface area (Å²) in [6, 6.07) is 1.95. The Bertz CT molecular complexity index is 516. The van der Waals surface area contributed by atoms with Crippen molar-refractivity contribution in [2.75, 3.05) is 6.54 Å². The molecule has 0 spiro atoms. The first-order valence-electron chi connectivity index (χ1n) is 5.19. The number of nitrogens with two attached hydrogens (primary N) is 1. The van der Waals surface area contributed by atoms with Crippen molar-refractivity contribution in [1.82, 2.24) is 19.8 Å². The summed E-state index contributed by atoms with van der Waals surface area (Å²) in [5.41, 5.74) is 9.74. The van der Waals surface area contributed by atoms with Gasteiger partial charge in [-0.25, -0.2) is 4.52 Å². The first kappa shape index (κ1) is 8.79. The van der Waals surface area contributed by atoms with E-state index >= 15 is 0 Å². The maximum absolute atomic E-state index is 5.68. The summed E-state index contributed by atoms with van der Waals surface area (Å²) in [4.78, 5) is 0. The smallest absolute Gasteiger partial charge is 0.177 e. The molecule has 78 valence electrons. The Labute approximate surface area is 87.3 Å². The average molecular weight is 203 g/mol. The van der Waals surface area contributed by atoms with E-state index in [0.717, 1.165) is 29.9 Å². The molecule has 1 unspecified atom stereocenters. The van der Waals surface area contributed by atoms with Gasteiger partial charge in [0.15, 0.2) is 5.65 Å². The zero-order valence-corrected chi connectivity index (χ0v) is 8.64. The van der Waals surface area contributed by atoms with Crippen LogP contribution in [0.1, 0.15) is 17.1 Å². The molecule has 0 saturated heterocycles. The molecule has 3 rings (SSSR count). The summed E-state index contributed by atoms with van der Waals surface area (Å²) in [5.74, 6) is 0.504. The van der Waals surface area contributed by atoms with Crippen molar-refractivity contribution in [2.45, 2.75) is 19.8 Å². The molecule has 2 aromatic rings. The van der Waals surface area contributed by atoms with E-state index in [1.165, 1.54) is 5.69 Å². The van der Waals surface area contributed by atoms with Crippen LogP contribution in [0.25, 0.3) is 5.65 Å². The van der Waals surface area contributed by atoms with Crippen LogP contribution in [0.3, 0.4) is 0 Å². The van der Waals surface area contributed by atoms with Crippen LogP contribution in [0.5, 0.6) is 0 Å². The largest absolute Gasteiger partial charge is 0.330 e. The lowest BCUT2D eigenvalue weighted by atomic mass is 10.1. The van der Waals surface area contributed by atoms with E-state index in [1.54, 1.807) is 0 Å². The molecule has 1 atom stereocenters. The van der Waals surface area contributed by atoms with Crippen LogP contribution >= 0.6 is 0 Å². The normalized spacial score (nSPS) is 19.7. The second-order valence-corrected chi connectivity index (χ2v) is 4.16. The molecule has 0 fully saturated rings. The fourth-order valence-electron chi connectivity index (χ4n) is 2.20. The quantitative estimate of drug-likeness (QED) is 0.714. The highest BCUT2D eigenvalue weighted by Crippen LogP contribution is 2.24. The zero-order chi connectivity index (χ0) is 10.4. The molecule has 0 bridgehead atoms. The van der Waals surface area contributed by atoms with Gasteiger partial charge in [-0.2, -0.15) is 10.2 Å². The van der Waals surface area contributed by atoms with Gasteiger partial charge in [-0.1, -0.05) is 0 Å². The predicted octanol–water partition coefficient (Wildman–Crippen LogP) is 0.106. The van der Waals surface area contributed by atoms with Crippen LogP contribution in [-0.4, -0.2) is 26.4 Å². The average Bonchev–Trinajstić information content (AvgIpc) is 2.78. The third-order valence-electron chi connectivity index (χ3n) is 2.97. The summed E-state index contributed by atoms with van der Waals surface area (Å²) in [5, 5.41) is 12.8. The van der Waals surface area contributed by atoms with Gasteiger partial charge in [-0.05, 0) is 32.2 Å². The molecule has 2 aromatic heterocycles. The van der Waals surface area contributed by atoms with Crippen molar-refractivity contribution < 1.29 is 0 Å². The number of aryl methyl sites for hydroxylation is 1. The summed E-state index contributed by atoms with van der Waals surface area (Å²) < 4.78 is 1.91. The van der Waals surface area contributed by atoms with Crippen LogP contribution in [0.4, 0.5) is 0 Å². The molecule has 2 N–H and O–H groups in total. The Morgan fingerprint density at radius 2 is 2.33 bits per heavy atom. The topological polar surface area (TPSA) is 69.1 Å². The van der Waals surface area contributed by atoms with Gasteiger partial charge >= 0.3 is 0 Å². The van der Waals surface area contributed by atoms with E-state index < -0.39 is 0 Å².